The summed E-state index contributed by atoms with van der Waals surface area (Å²) in [5, 5.41) is 0. The standard InChI is InChI=1S/C8H15NO4S/c1-3-14(11,12)9-6-4-5-7(9)8(10)13-2/h7H,3-6H2,1-2H3/t7-/m0/s1. The molecule has 0 N–H and O–H groups in total. The summed E-state index contributed by atoms with van der Waals surface area (Å²) in [7, 11) is -1.99. The number of sulfonamides is 1. The molecule has 1 saturated heterocycles. The van der Waals surface area contributed by atoms with E-state index in [9.17, 15) is 13.2 Å². The number of hydrogen-bond acceptors (Lipinski definition) is 4. The first-order valence-corrected chi connectivity index (χ1v) is 6.21. The van der Waals surface area contributed by atoms with E-state index in [1.165, 1.54) is 11.4 Å². The van der Waals surface area contributed by atoms with E-state index in [4.69, 9.17) is 0 Å². The van der Waals surface area contributed by atoms with Gasteiger partial charge in [0.05, 0.1) is 12.9 Å². The molecule has 0 saturated carbocycles. The Hall–Kier alpha value is -0.620. The number of nitrogens with zero attached hydrogens (tertiary/aromatic N) is 1. The van der Waals surface area contributed by atoms with Gasteiger partial charge in [0.1, 0.15) is 6.04 Å². The summed E-state index contributed by atoms with van der Waals surface area (Å²) in [6.45, 7) is 2.00. The van der Waals surface area contributed by atoms with E-state index < -0.39 is 22.0 Å². The number of carbonyl (C=O) groups excluding carboxylic acids is 1. The van der Waals surface area contributed by atoms with E-state index in [2.05, 4.69) is 4.74 Å². The highest BCUT2D eigenvalue weighted by Crippen LogP contribution is 2.21. The first kappa shape index (κ1) is 11.5. The van der Waals surface area contributed by atoms with Gasteiger partial charge in [-0.2, -0.15) is 4.31 Å². The lowest BCUT2D eigenvalue weighted by molar-refractivity contribution is -0.144. The minimum absolute atomic E-state index is 0.0283. The Labute approximate surface area is 84.1 Å². The first-order chi connectivity index (χ1) is 6.53. The second-order valence-corrected chi connectivity index (χ2v) is 5.40. The molecular formula is C8H15NO4S. The maximum Gasteiger partial charge on any atom is 0.324 e. The van der Waals surface area contributed by atoms with Gasteiger partial charge in [0.15, 0.2) is 0 Å². The van der Waals surface area contributed by atoms with Gasteiger partial charge in [0.25, 0.3) is 0 Å². The van der Waals surface area contributed by atoms with Gasteiger partial charge in [-0.3, -0.25) is 4.79 Å². The zero-order valence-electron chi connectivity index (χ0n) is 8.39. The summed E-state index contributed by atoms with van der Waals surface area (Å²) < 4.78 is 28.9. The number of carbonyl (C=O) groups is 1. The Kier molecular flexibility index (Phi) is 3.49. The first-order valence-electron chi connectivity index (χ1n) is 4.60. The molecule has 0 aromatic carbocycles. The highest BCUT2D eigenvalue weighted by atomic mass is 32.2. The van der Waals surface area contributed by atoms with Crippen LogP contribution in [0.2, 0.25) is 0 Å². The second kappa shape index (κ2) is 4.27. The van der Waals surface area contributed by atoms with E-state index in [1.54, 1.807) is 6.92 Å². The fourth-order valence-electron chi connectivity index (χ4n) is 1.61. The van der Waals surface area contributed by atoms with Crippen LogP contribution in [0.15, 0.2) is 0 Å². The van der Waals surface area contributed by atoms with Gasteiger partial charge in [-0.1, -0.05) is 0 Å². The Bertz CT molecular complexity index is 311. The summed E-state index contributed by atoms with van der Waals surface area (Å²) in [6.07, 6.45) is 1.28. The smallest absolute Gasteiger partial charge is 0.324 e. The lowest BCUT2D eigenvalue weighted by atomic mass is 10.2. The number of hydrogen-bond donors (Lipinski definition) is 0. The quantitative estimate of drug-likeness (QED) is 0.628. The van der Waals surface area contributed by atoms with Crippen LogP contribution in [0.3, 0.4) is 0 Å². The molecule has 0 aromatic rings. The predicted molar refractivity (Wildman–Crippen MR) is 51.2 cm³/mol. The molecule has 6 heteroatoms. The average Bonchev–Trinajstić information content (AvgIpc) is 2.65. The van der Waals surface area contributed by atoms with Gasteiger partial charge in [-0.25, -0.2) is 8.42 Å². The van der Waals surface area contributed by atoms with Gasteiger partial charge in [-0.15, -0.1) is 0 Å². The van der Waals surface area contributed by atoms with Gasteiger partial charge in [0, 0.05) is 6.54 Å². The maximum absolute atomic E-state index is 11.6. The summed E-state index contributed by atoms with van der Waals surface area (Å²) in [5.74, 6) is -0.431. The van der Waals surface area contributed by atoms with Gasteiger partial charge in [-0.05, 0) is 19.8 Å². The van der Waals surface area contributed by atoms with Crippen LogP contribution >= 0.6 is 0 Å². The molecule has 14 heavy (non-hydrogen) atoms. The van der Waals surface area contributed by atoms with E-state index in [0.29, 0.717) is 13.0 Å². The van der Waals surface area contributed by atoms with Crippen LogP contribution in [-0.2, 0) is 19.6 Å². The van der Waals surface area contributed by atoms with E-state index in [0.717, 1.165) is 6.42 Å². The summed E-state index contributed by atoms with van der Waals surface area (Å²) in [5.41, 5.74) is 0. The molecule has 1 heterocycles. The lowest BCUT2D eigenvalue weighted by Gasteiger charge is -2.20. The fraction of sp³-hybridized carbons (Fsp3) is 0.875. The molecule has 1 aliphatic rings. The number of methoxy groups -OCH3 is 1. The predicted octanol–water partition coefficient (Wildman–Crippen LogP) is -0.0265. The van der Waals surface area contributed by atoms with Crippen LogP contribution < -0.4 is 0 Å². The Morgan fingerprint density at radius 2 is 2.21 bits per heavy atom. The van der Waals surface area contributed by atoms with Crippen LogP contribution in [0.25, 0.3) is 0 Å². The third-order valence-electron chi connectivity index (χ3n) is 2.40. The molecule has 0 aliphatic carbocycles. The Balaban J connectivity index is 2.84. The normalized spacial score (nSPS) is 23.7. The zero-order valence-corrected chi connectivity index (χ0v) is 9.21. The van der Waals surface area contributed by atoms with Crippen LogP contribution in [0.1, 0.15) is 19.8 Å². The van der Waals surface area contributed by atoms with Crippen LogP contribution in [0.5, 0.6) is 0 Å². The third-order valence-corrected chi connectivity index (χ3v) is 4.28. The largest absolute Gasteiger partial charge is 0.468 e. The van der Waals surface area contributed by atoms with Crippen molar-refractivity contribution < 1.29 is 17.9 Å². The molecule has 0 amide bonds. The molecule has 0 radical (unpaired) electrons. The molecule has 0 spiro atoms. The van der Waals surface area contributed by atoms with Crippen LogP contribution in [0, 0.1) is 0 Å². The van der Waals surface area contributed by atoms with Crippen molar-refractivity contribution in [1.29, 1.82) is 0 Å². The molecule has 0 unspecified atom stereocenters. The Morgan fingerprint density at radius 3 is 2.71 bits per heavy atom. The van der Waals surface area contributed by atoms with Crippen molar-refractivity contribution >= 4 is 16.0 Å². The lowest BCUT2D eigenvalue weighted by Crippen LogP contribution is -2.41. The van der Waals surface area contributed by atoms with Crippen molar-refractivity contribution in [1.82, 2.24) is 4.31 Å². The minimum atomic E-state index is -3.27. The SMILES string of the molecule is CCS(=O)(=O)N1CCC[C@H]1C(=O)OC. The molecule has 1 fully saturated rings. The van der Waals surface area contributed by atoms with Crippen LogP contribution in [-0.4, -0.2) is 44.1 Å². The van der Waals surface area contributed by atoms with Gasteiger partial charge < -0.3 is 4.74 Å². The van der Waals surface area contributed by atoms with Gasteiger partial charge in [0.2, 0.25) is 10.0 Å². The number of esters is 1. The third kappa shape index (κ3) is 2.06. The van der Waals surface area contributed by atoms with E-state index in [-0.39, 0.29) is 5.75 Å². The molecule has 1 aliphatic heterocycles. The van der Waals surface area contributed by atoms with Crippen molar-refractivity contribution in [2.24, 2.45) is 0 Å². The molecular weight excluding hydrogens is 206 g/mol. The maximum atomic E-state index is 11.6. The monoisotopic (exact) mass is 221 g/mol. The average molecular weight is 221 g/mol. The summed E-state index contributed by atoms with van der Waals surface area (Å²) in [6, 6.07) is -0.607. The fourth-order valence-corrected chi connectivity index (χ4v) is 2.93. The molecule has 1 rings (SSSR count). The van der Waals surface area contributed by atoms with Crippen molar-refractivity contribution in [2.75, 3.05) is 19.4 Å². The summed E-state index contributed by atoms with van der Waals surface area (Å²) in [4.78, 5) is 11.3. The van der Waals surface area contributed by atoms with E-state index >= 15 is 0 Å². The van der Waals surface area contributed by atoms with E-state index in [1.807, 2.05) is 0 Å². The van der Waals surface area contributed by atoms with Gasteiger partial charge >= 0.3 is 5.97 Å². The molecule has 5 nitrogen and oxygen atoms in total. The Morgan fingerprint density at radius 1 is 1.57 bits per heavy atom. The number of ether oxygens (including phenoxy) is 1. The molecule has 1 atom stereocenters. The van der Waals surface area contributed by atoms with Crippen molar-refractivity contribution in [3.05, 3.63) is 0 Å². The van der Waals surface area contributed by atoms with Crippen LogP contribution in [0.4, 0.5) is 0 Å². The summed E-state index contributed by atoms with van der Waals surface area (Å²) >= 11 is 0. The topological polar surface area (TPSA) is 63.7 Å². The van der Waals surface area contributed by atoms with Crippen molar-refractivity contribution in [2.45, 2.75) is 25.8 Å². The highest BCUT2D eigenvalue weighted by molar-refractivity contribution is 7.89. The van der Waals surface area contributed by atoms with Crippen molar-refractivity contribution in [3.8, 4) is 0 Å². The number of rotatable bonds is 3. The second-order valence-electron chi connectivity index (χ2n) is 3.19. The highest BCUT2D eigenvalue weighted by Gasteiger charge is 2.38. The molecule has 82 valence electrons. The molecule has 0 aromatic heterocycles. The molecule has 0 bridgehead atoms. The zero-order chi connectivity index (χ0) is 10.8. The van der Waals surface area contributed by atoms with Crippen molar-refractivity contribution in [3.63, 3.8) is 0 Å². The minimum Gasteiger partial charge on any atom is -0.468 e.